The van der Waals surface area contributed by atoms with Crippen LogP contribution >= 0.6 is 0 Å². The van der Waals surface area contributed by atoms with Crippen LogP contribution in [0.3, 0.4) is 0 Å². The zero-order chi connectivity index (χ0) is 18.1. The number of nitrogens with one attached hydrogen (secondary N) is 1. The Kier molecular flexibility index (Phi) is 4.57. The molecule has 0 bridgehead atoms. The number of nitrogens with zero attached hydrogens (tertiary/aromatic N) is 1. The van der Waals surface area contributed by atoms with Crippen molar-refractivity contribution in [3.63, 3.8) is 0 Å². The van der Waals surface area contributed by atoms with Gasteiger partial charge in [-0.15, -0.1) is 0 Å². The predicted octanol–water partition coefficient (Wildman–Crippen LogP) is 3.00. The number of hydroxylamine groups is 1. The van der Waals surface area contributed by atoms with Crippen LogP contribution in [0.2, 0.25) is 0 Å². The molecule has 1 heterocycles. The van der Waals surface area contributed by atoms with Crippen molar-refractivity contribution < 1.29 is 14.8 Å². The zero-order valence-corrected chi connectivity index (χ0v) is 15.0. The highest BCUT2D eigenvalue weighted by atomic mass is 16.5. The molecule has 0 aromatic heterocycles. The predicted molar refractivity (Wildman–Crippen MR) is 98.0 cm³/mol. The van der Waals surface area contributed by atoms with Crippen LogP contribution in [0, 0.1) is 17.3 Å². The van der Waals surface area contributed by atoms with Crippen molar-refractivity contribution in [2.75, 3.05) is 13.1 Å². The van der Waals surface area contributed by atoms with Crippen LogP contribution < -0.4 is 5.48 Å². The molecule has 0 radical (unpaired) electrons. The van der Waals surface area contributed by atoms with Crippen LogP contribution in [-0.2, 0) is 9.59 Å². The molecular formula is C21H26N2O3. The van der Waals surface area contributed by atoms with E-state index in [4.69, 9.17) is 5.21 Å². The maximum Gasteiger partial charge on any atom is 0.247 e. The fraction of sp³-hybridized carbons (Fsp3) is 0.524. The maximum absolute atomic E-state index is 13.1. The first-order valence-electron chi connectivity index (χ1n) is 9.59. The van der Waals surface area contributed by atoms with Gasteiger partial charge in [0, 0.05) is 19.0 Å². The van der Waals surface area contributed by atoms with Crippen molar-refractivity contribution in [2.24, 2.45) is 17.3 Å². The van der Waals surface area contributed by atoms with E-state index in [2.05, 4.69) is 18.2 Å². The lowest BCUT2D eigenvalue weighted by Gasteiger charge is -2.38. The van der Waals surface area contributed by atoms with E-state index in [1.807, 2.05) is 23.1 Å². The van der Waals surface area contributed by atoms with Gasteiger partial charge >= 0.3 is 0 Å². The average molecular weight is 354 g/mol. The van der Waals surface area contributed by atoms with E-state index in [0.717, 1.165) is 38.5 Å². The minimum absolute atomic E-state index is 0.0671. The molecule has 2 N–H and O–H groups in total. The van der Waals surface area contributed by atoms with Gasteiger partial charge in [-0.1, -0.05) is 36.4 Å². The maximum atomic E-state index is 13.1. The molecule has 1 aliphatic heterocycles. The molecule has 1 aromatic carbocycles. The summed E-state index contributed by atoms with van der Waals surface area (Å²) >= 11 is 0. The molecule has 1 spiro atoms. The van der Waals surface area contributed by atoms with Crippen LogP contribution in [-0.4, -0.2) is 35.0 Å². The summed E-state index contributed by atoms with van der Waals surface area (Å²) < 4.78 is 0. The Balaban J connectivity index is 1.45. The molecule has 2 fully saturated rings. The van der Waals surface area contributed by atoms with Crippen molar-refractivity contribution in [3.8, 4) is 0 Å². The molecule has 1 aromatic rings. The summed E-state index contributed by atoms with van der Waals surface area (Å²) in [5, 5.41) is 9.11. The van der Waals surface area contributed by atoms with E-state index in [1.54, 1.807) is 5.48 Å². The van der Waals surface area contributed by atoms with Gasteiger partial charge in [-0.3, -0.25) is 14.8 Å². The number of carbonyl (C=O) groups is 2. The van der Waals surface area contributed by atoms with Gasteiger partial charge in [0.15, 0.2) is 0 Å². The first-order chi connectivity index (χ1) is 12.6. The standard InChI is InChI=1S/C21H26N2O3/c24-19(22-26)18-14-21(10-11-21)9-6-17(18)20(25)23-12-7-16(8-13-23)15-4-2-1-3-5-15/h1-5,7,17-18,26H,6,8-14H2,(H,22,24). The van der Waals surface area contributed by atoms with Gasteiger partial charge in [0.25, 0.3) is 0 Å². The Morgan fingerprint density at radius 3 is 2.50 bits per heavy atom. The van der Waals surface area contributed by atoms with Crippen molar-refractivity contribution in [1.29, 1.82) is 0 Å². The second-order valence-electron chi connectivity index (χ2n) is 8.06. The molecule has 5 heteroatoms. The highest BCUT2D eigenvalue weighted by molar-refractivity contribution is 5.88. The molecule has 2 unspecified atom stereocenters. The van der Waals surface area contributed by atoms with Crippen LogP contribution in [0.15, 0.2) is 36.4 Å². The SMILES string of the molecule is O=C(NO)C1CC2(CCC1C(=O)N1CC=C(c3ccccc3)CC1)CC2. The Morgan fingerprint density at radius 2 is 1.88 bits per heavy atom. The summed E-state index contributed by atoms with van der Waals surface area (Å²) in [6.45, 7) is 1.28. The van der Waals surface area contributed by atoms with E-state index in [1.165, 1.54) is 11.1 Å². The summed E-state index contributed by atoms with van der Waals surface area (Å²) in [6.07, 6.45) is 7.77. The third kappa shape index (κ3) is 3.28. The van der Waals surface area contributed by atoms with Crippen LogP contribution in [0.5, 0.6) is 0 Å². The summed E-state index contributed by atoms with van der Waals surface area (Å²) in [5.41, 5.74) is 4.55. The van der Waals surface area contributed by atoms with E-state index in [-0.39, 0.29) is 17.2 Å². The van der Waals surface area contributed by atoms with Crippen molar-refractivity contribution >= 4 is 17.4 Å². The number of hydrogen-bond acceptors (Lipinski definition) is 3. The molecule has 4 rings (SSSR count). The van der Waals surface area contributed by atoms with Gasteiger partial charge in [0.2, 0.25) is 11.8 Å². The first kappa shape index (κ1) is 17.3. The Bertz CT molecular complexity index is 724. The molecule has 138 valence electrons. The number of carbonyl (C=O) groups excluding carboxylic acids is 2. The fourth-order valence-corrected chi connectivity index (χ4v) is 4.68. The molecule has 2 amide bonds. The quantitative estimate of drug-likeness (QED) is 0.648. The summed E-state index contributed by atoms with van der Waals surface area (Å²) in [4.78, 5) is 27.1. The number of benzene rings is 1. The lowest BCUT2D eigenvalue weighted by molar-refractivity contribution is -0.148. The van der Waals surface area contributed by atoms with Gasteiger partial charge in [-0.25, -0.2) is 5.48 Å². The van der Waals surface area contributed by atoms with E-state index < -0.39 is 11.8 Å². The van der Waals surface area contributed by atoms with Gasteiger partial charge in [0.1, 0.15) is 0 Å². The highest BCUT2D eigenvalue weighted by Crippen LogP contribution is 2.59. The van der Waals surface area contributed by atoms with Gasteiger partial charge in [-0.2, -0.15) is 0 Å². The van der Waals surface area contributed by atoms with Gasteiger partial charge in [-0.05, 0) is 55.1 Å². The second-order valence-corrected chi connectivity index (χ2v) is 8.06. The molecule has 5 nitrogen and oxygen atoms in total. The van der Waals surface area contributed by atoms with Crippen LogP contribution in [0.4, 0.5) is 0 Å². The monoisotopic (exact) mass is 354 g/mol. The summed E-state index contributed by atoms with van der Waals surface area (Å²) in [7, 11) is 0. The molecule has 3 aliphatic rings. The molecule has 2 aliphatic carbocycles. The second kappa shape index (κ2) is 6.88. The Labute approximate surface area is 154 Å². The lowest BCUT2D eigenvalue weighted by atomic mass is 9.71. The molecule has 2 saturated carbocycles. The first-order valence-corrected chi connectivity index (χ1v) is 9.59. The van der Waals surface area contributed by atoms with Crippen molar-refractivity contribution in [1.82, 2.24) is 10.4 Å². The van der Waals surface area contributed by atoms with E-state index in [9.17, 15) is 9.59 Å². The normalized spacial score (nSPS) is 27.0. The molecule has 2 atom stereocenters. The number of hydrogen-bond donors (Lipinski definition) is 2. The number of amides is 2. The molecular weight excluding hydrogens is 328 g/mol. The van der Waals surface area contributed by atoms with Crippen LogP contribution in [0.1, 0.15) is 44.1 Å². The average Bonchev–Trinajstić information content (AvgIpc) is 3.46. The summed E-state index contributed by atoms with van der Waals surface area (Å²) in [5.74, 6) is -1.03. The van der Waals surface area contributed by atoms with E-state index in [0.29, 0.717) is 13.1 Å². The lowest BCUT2D eigenvalue weighted by Crippen LogP contribution is -2.47. The minimum Gasteiger partial charge on any atom is -0.338 e. The Morgan fingerprint density at radius 1 is 1.12 bits per heavy atom. The molecule has 26 heavy (non-hydrogen) atoms. The Hall–Kier alpha value is -2.14. The topological polar surface area (TPSA) is 69.6 Å². The fourth-order valence-electron chi connectivity index (χ4n) is 4.68. The minimum atomic E-state index is -0.400. The largest absolute Gasteiger partial charge is 0.338 e. The third-order valence-electron chi connectivity index (χ3n) is 6.51. The van der Waals surface area contributed by atoms with Crippen molar-refractivity contribution in [2.45, 2.75) is 38.5 Å². The van der Waals surface area contributed by atoms with Crippen LogP contribution in [0.25, 0.3) is 5.57 Å². The van der Waals surface area contributed by atoms with E-state index >= 15 is 0 Å². The smallest absolute Gasteiger partial charge is 0.247 e. The highest BCUT2D eigenvalue weighted by Gasteiger charge is 2.52. The molecule has 0 saturated heterocycles. The summed E-state index contributed by atoms with van der Waals surface area (Å²) in [6, 6.07) is 10.3. The van der Waals surface area contributed by atoms with Gasteiger partial charge < -0.3 is 4.90 Å². The zero-order valence-electron chi connectivity index (χ0n) is 15.0. The third-order valence-corrected chi connectivity index (χ3v) is 6.51. The van der Waals surface area contributed by atoms with Gasteiger partial charge in [0.05, 0.1) is 5.92 Å². The number of rotatable bonds is 3. The van der Waals surface area contributed by atoms with Crippen molar-refractivity contribution in [3.05, 3.63) is 42.0 Å².